The van der Waals surface area contributed by atoms with Crippen LogP contribution >= 0.6 is 0 Å². The Morgan fingerprint density at radius 3 is 2.67 bits per heavy atom. The number of nitrogens with zero attached hydrogens (tertiary/aromatic N) is 4. The molecule has 3 aliphatic rings. The van der Waals surface area contributed by atoms with Crippen LogP contribution in [0.25, 0.3) is 0 Å². The maximum absolute atomic E-state index is 13.1. The van der Waals surface area contributed by atoms with E-state index < -0.39 is 5.41 Å². The van der Waals surface area contributed by atoms with Gasteiger partial charge in [0.05, 0.1) is 11.6 Å². The number of pyridine rings is 2. The maximum Gasteiger partial charge on any atom is 0.253 e. The second-order valence-corrected chi connectivity index (χ2v) is 8.88. The predicted molar refractivity (Wildman–Crippen MR) is 121 cm³/mol. The van der Waals surface area contributed by atoms with Crippen molar-refractivity contribution in [2.75, 3.05) is 30.0 Å². The van der Waals surface area contributed by atoms with Gasteiger partial charge in [-0.15, -0.1) is 0 Å². The number of anilines is 3. The van der Waals surface area contributed by atoms with Crippen molar-refractivity contribution in [2.45, 2.75) is 38.1 Å². The van der Waals surface area contributed by atoms with Gasteiger partial charge in [-0.2, -0.15) is 5.26 Å². The van der Waals surface area contributed by atoms with Crippen LogP contribution < -0.4 is 15.5 Å². The number of aromatic nitrogens is 2. The molecule has 0 radical (unpaired) electrons. The van der Waals surface area contributed by atoms with Gasteiger partial charge in [0.1, 0.15) is 17.1 Å². The van der Waals surface area contributed by atoms with Gasteiger partial charge in [0.15, 0.2) is 0 Å². The summed E-state index contributed by atoms with van der Waals surface area (Å²) in [6, 6.07) is 9.44. The van der Waals surface area contributed by atoms with Crippen molar-refractivity contribution >= 4 is 29.1 Å². The minimum Gasteiger partial charge on any atom is -0.381 e. The third-order valence-electron chi connectivity index (χ3n) is 6.72. The van der Waals surface area contributed by atoms with Gasteiger partial charge in [-0.05, 0) is 56.2 Å². The molecule has 3 fully saturated rings. The van der Waals surface area contributed by atoms with E-state index in [0.717, 1.165) is 25.7 Å². The van der Waals surface area contributed by atoms with Crippen molar-refractivity contribution in [1.82, 2.24) is 15.3 Å². The molecule has 0 spiro atoms. The molecule has 0 unspecified atom stereocenters. The van der Waals surface area contributed by atoms with Crippen LogP contribution in [0, 0.1) is 22.7 Å². The van der Waals surface area contributed by atoms with Crippen LogP contribution in [0.4, 0.5) is 17.3 Å². The fourth-order valence-electron chi connectivity index (χ4n) is 4.63. The summed E-state index contributed by atoms with van der Waals surface area (Å²) in [4.78, 5) is 35.9. The molecular formula is C24H26N6O3. The number of hydrogen-bond donors (Lipinski definition) is 2. The lowest BCUT2D eigenvalue weighted by Crippen LogP contribution is -2.38. The van der Waals surface area contributed by atoms with Gasteiger partial charge in [-0.25, -0.2) is 9.97 Å². The van der Waals surface area contributed by atoms with Gasteiger partial charge < -0.3 is 20.3 Å². The Balaban J connectivity index is 1.24. The van der Waals surface area contributed by atoms with Gasteiger partial charge in [0.2, 0.25) is 5.91 Å². The summed E-state index contributed by atoms with van der Waals surface area (Å²) in [5, 5.41) is 15.8. The molecule has 1 atom stereocenters. The Labute approximate surface area is 192 Å². The van der Waals surface area contributed by atoms with Crippen LogP contribution in [0.15, 0.2) is 36.7 Å². The van der Waals surface area contributed by atoms with Crippen molar-refractivity contribution in [3.8, 4) is 6.07 Å². The van der Waals surface area contributed by atoms with E-state index >= 15 is 0 Å². The molecule has 4 heterocycles. The Morgan fingerprint density at radius 1 is 1.15 bits per heavy atom. The number of nitrogens with one attached hydrogen (secondary N) is 2. The highest BCUT2D eigenvalue weighted by molar-refractivity contribution is 6.02. The minimum atomic E-state index is -0.876. The summed E-state index contributed by atoms with van der Waals surface area (Å²) in [6.07, 6.45) is 7.26. The normalized spacial score (nSPS) is 23.2. The van der Waals surface area contributed by atoms with Crippen molar-refractivity contribution in [3.05, 3.63) is 42.2 Å². The summed E-state index contributed by atoms with van der Waals surface area (Å²) in [6.45, 7) is 1.86. The minimum absolute atomic E-state index is 0.109. The number of carbonyl (C=O) groups excluding carboxylic acids is 2. The Bertz CT molecular complexity index is 1090. The smallest absolute Gasteiger partial charge is 0.253 e. The molecule has 9 heteroatoms. The number of ether oxygens (including phenoxy) is 1. The Hall–Kier alpha value is -3.51. The third kappa shape index (κ3) is 4.26. The summed E-state index contributed by atoms with van der Waals surface area (Å²) in [7, 11) is 0. The lowest BCUT2D eigenvalue weighted by atomic mass is 9.83. The first-order chi connectivity index (χ1) is 16.1. The summed E-state index contributed by atoms with van der Waals surface area (Å²) in [5.74, 6) is 1.01. The highest BCUT2D eigenvalue weighted by Crippen LogP contribution is 2.51. The van der Waals surface area contributed by atoms with Gasteiger partial charge in [-0.1, -0.05) is 0 Å². The number of hydrogen-bond acceptors (Lipinski definition) is 7. The number of rotatable bonds is 6. The van der Waals surface area contributed by atoms with Crippen molar-refractivity contribution in [3.63, 3.8) is 0 Å². The zero-order valence-electron chi connectivity index (χ0n) is 18.3. The van der Waals surface area contributed by atoms with Crippen LogP contribution in [0.5, 0.6) is 0 Å². The molecule has 2 amide bonds. The summed E-state index contributed by atoms with van der Waals surface area (Å²) >= 11 is 0. The quantitative estimate of drug-likeness (QED) is 0.700. The average molecular weight is 447 g/mol. The summed E-state index contributed by atoms with van der Waals surface area (Å²) < 4.78 is 5.32. The first-order valence-electron chi connectivity index (χ1n) is 11.4. The van der Waals surface area contributed by atoms with Crippen molar-refractivity contribution in [2.24, 2.45) is 11.3 Å². The Kier molecular flexibility index (Phi) is 5.68. The zero-order chi connectivity index (χ0) is 22.8. The molecule has 0 bridgehead atoms. The molecule has 2 aromatic heterocycles. The summed E-state index contributed by atoms with van der Waals surface area (Å²) in [5.41, 5.74) is 0.325. The van der Waals surface area contributed by atoms with Gasteiger partial charge in [0, 0.05) is 49.9 Å². The molecule has 5 rings (SSSR count). The lowest BCUT2D eigenvalue weighted by molar-refractivity contribution is -0.123. The molecule has 1 aliphatic carbocycles. The monoisotopic (exact) mass is 446 g/mol. The second kappa shape index (κ2) is 8.79. The molecule has 33 heavy (non-hydrogen) atoms. The second-order valence-electron chi connectivity index (χ2n) is 8.88. The first kappa shape index (κ1) is 21.3. The SMILES string of the molecule is N#C[C@@]1(C2CC2)CCN(c2ccnc(Nc3ccc(C(=O)NC4CCOCC4)cn3)c2)C1=O. The fraction of sp³-hybridized carbons (Fsp3) is 0.458. The topological polar surface area (TPSA) is 120 Å². The Morgan fingerprint density at radius 2 is 1.97 bits per heavy atom. The lowest BCUT2D eigenvalue weighted by Gasteiger charge is -2.23. The van der Waals surface area contributed by atoms with E-state index in [-0.39, 0.29) is 23.8 Å². The van der Waals surface area contributed by atoms with E-state index in [1.54, 1.807) is 35.4 Å². The molecule has 2 aromatic rings. The molecule has 9 nitrogen and oxygen atoms in total. The number of nitriles is 1. The highest BCUT2D eigenvalue weighted by atomic mass is 16.5. The van der Waals surface area contributed by atoms with E-state index in [0.29, 0.717) is 49.1 Å². The van der Waals surface area contributed by atoms with Crippen molar-refractivity contribution < 1.29 is 14.3 Å². The molecule has 2 saturated heterocycles. The average Bonchev–Trinajstić information content (AvgIpc) is 3.64. The fourth-order valence-corrected chi connectivity index (χ4v) is 4.63. The molecule has 2 aliphatic heterocycles. The van der Waals surface area contributed by atoms with Crippen molar-refractivity contribution in [1.29, 1.82) is 5.26 Å². The standard InChI is InChI=1S/C24H26N6O3/c25-15-24(17-2-3-17)8-10-30(23(24)32)19-5-9-26-21(13-19)29-20-4-1-16(14-27-20)22(31)28-18-6-11-33-12-7-18/h1,4-5,9,13-14,17-18H,2-3,6-8,10-12H2,(H,28,31)(H,26,27,29)/t24-/m1/s1. The predicted octanol–water partition coefficient (Wildman–Crippen LogP) is 2.79. The zero-order valence-corrected chi connectivity index (χ0v) is 18.3. The molecule has 170 valence electrons. The van der Waals surface area contributed by atoms with Gasteiger partial charge in [-0.3, -0.25) is 9.59 Å². The van der Waals surface area contributed by atoms with Gasteiger partial charge in [0.25, 0.3) is 5.91 Å². The first-order valence-corrected chi connectivity index (χ1v) is 11.4. The van der Waals surface area contributed by atoms with E-state index in [1.165, 1.54) is 6.20 Å². The number of amides is 2. The van der Waals surface area contributed by atoms with E-state index in [1.807, 2.05) is 0 Å². The maximum atomic E-state index is 13.1. The van der Waals surface area contributed by atoms with E-state index in [4.69, 9.17) is 4.74 Å². The van der Waals surface area contributed by atoms with Crippen LogP contribution in [0.3, 0.4) is 0 Å². The molecule has 0 aromatic carbocycles. The van der Waals surface area contributed by atoms with Crippen LogP contribution in [0.1, 0.15) is 42.5 Å². The molecular weight excluding hydrogens is 420 g/mol. The largest absolute Gasteiger partial charge is 0.381 e. The molecule has 2 N–H and O–H groups in total. The van der Waals surface area contributed by atoms with Crippen LogP contribution in [-0.2, 0) is 9.53 Å². The van der Waals surface area contributed by atoms with E-state index in [9.17, 15) is 14.9 Å². The van der Waals surface area contributed by atoms with Crippen LogP contribution in [0.2, 0.25) is 0 Å². The van der Waals surface area contributed by atoms with E-state index in [2.05, 4.69) is 26.7 Å². The third-order valence-corrected chi connectivity index (χ3v) is 6.72. The number of carbonyl (C=O) groups is 2. The highest BCUT2D eigenvalue weighted by Gasteiger charge is 2.56. The van der Waals surface area contributed by atoms with Crippen LogP contribution in [-0.4, -0.2) is 47.6 Å². The van der Waals surface area contributed by atoms with Gasteiger partial charge >= 0.3 is 0 Å². The molecule has 1 saturated carbocycles.